The molecule has 0 aliphatic heterocycles. The van der Waals surface area contributed by atoms with Gasteiger partial charge in [0.25, 0.3) is 0 Å². The quantitative estimate of drug-likeness (QED) is 0.647. The van der Waals surface area contributed by atoms with Crippen molar-refractivity contribution in [2.45, 2.75) is 45.6 Å². The summed E-state index contributed by atoms with van der Waals surface area (Å²) >= 11 is 0. The van der Waals surface area contributed by atoms with Crippen molar-refractivity contribution in [2.24, 2.45) is 5.92 Å². The fourth-order valence-corrected chi connectivity index (χ4v) is 2.30. The van der Waals surface area contributed by atoms with Crippen molar-refractivity contribution in [3.05, 3.63) is 0 Å². The fourth-order valence-electron chi connectivity index (χ4n) is 2.30. The van der Waals surface area contributed by atoms with Gasteiger partial charge in [-0.2, -0.15) is 0 Å². The molecule has 3 heteroatoms. The van der Waals surface area contributed by atoms with Gasteiger partial charge in [0.2, 0.25) is 0 Å². The van der Waals surface area contributed by atoms with E-state index in [1.165, 1.54) is 25.7 Å². The Morgan fingerprint density at radius 2 is 1.81 bits per heavy atom. The summed E-state index contributed by atoms with van der Waals surface area (Å²) in [6.45, 7) is 8.35. The largest absolute Gasteiger partial charge is 0.379 e. The Balaban J connectivity index is 1.90. The van der Waals surface area contributed by atoms with Gasteiger partial charge in [0.1, 0.15) is 0 Å². The molecule has 2 atom stereocenters. The molecular weight excluding hydrogens is 202 g/mol. The Bertz CT molecular complexity index is 164. The molecule has 0 aromatic carbocycles. The zero-order valence-electron chi connectivity index (χ0n) is 10.8. The van der Waals surface area contributed by atoms with Gasteiger partial charge in [-0.05, 0) is 25.7 Å². The third-order valence-electron chi connectivity index (χ3n) is 3.34. The summed E-state index contributed by atoms with van der Waals surface area (Å²) in [5.41, 5.74) is 0. The number of hydrogen-bond donors (Lipinski definition) is 1. The zero-order chi connectivity index (χ0) is 11.6. The molecule has 0 radical (unpaired) electrons. The van der Waals surface area contributed by atoms with Crippen LogP contribution >= 0.6 is 0 Å². The highest BCUT2D eigenvalue weighted by Gasteiger charge is 2.19. The molecule has 2 unspecified atom stereocenters. The molecule has 0 heterocycles. The second-order valence-electron chi connectivity index (χ2n) is 4.63. The minimum absolute atomic E-state index is 0.712. The molecule has 1 aliphatic rings. The minimum atomic E-state index is 0.712. The van der Waals surface area contributed by atoms with Crippen molar-refractivity contribution >= 4 is 0 Å². The highest BCUT2D eigenvalue weighted by molar-refractivity contribution is 4.77. The summed E-state index contributed by atoms with van der Waals surface area (Å²) in [6, 6.07) is 0.712. The number of rotatable bonds is 8. The van der Waals surface area contributed by atoms with Crippen LogP contribution in [0.15, 0.2) is 0 Å². The minimum Gasteiger partial charge on any atom is -0.379 e. The first-order valence-corrected chi connectivity index (χ1v) is 6.73. The van der Waals surface area contributed by atoms with Gasteiger partial charge in [-0.25, -0.2) is 0 Å². The van der Waals surface area contributed by atoms with Gasteiger partial charge >= 0.3 is 0 Å². The van der Waals surface area contributed by atoms with Crippen molar-refractivity contribution in [1.82, 2.24) is 5.32 Å². The third kappa shape index (κ3) is 5.83. The summed E-state index contributed by atoms with van der Waals surface area (Å²) in [5.74, 6) is 0.831. The van der Waals surface area contributed by atoms with Crippen molar-refractivity contribution in [3.8, 4) is 0 Å². The Labute approximate surface area is 99.9 Å². The Kier molecular flexibility index (Phi) is 7.81. The SMILES string of the molecule is CCOCCOCCNC1CCCCC1C. The molecule has 0 spiro atoms. The monoisotopic (exact) mass is 229 g/mol. The molecule has 1 saturated carbocycles. The Morgan fingerprint density at radius 1 is 1.06 bits per heavy atom. The molecule has 0 saturated heterocycles. The Morgan fingerprint density at radius 3 is 2.56 bits per heavy atom. The molecule has 96 valence electrons. The van der Waals surface area contributed by atoms with E-state index in [2.05, 4.69) is 12.2 Å². The van der Waals surface area contributed by atoms with E-state index in [-0.39, 0.29) is 0 Å². The van der Waals surface area contributed by atoms with E-state index in [0.717, 1.165) is 38.9 Å². The van der Waals surface area contributed by atoms with Crippen LogP contribution in [0, 0.1) is 5.92 Å². The topological polar surface area (TPSA) is 30.5 Å². The van der Waals surface area contributed by atoms with Gasteiger partial charge < -0.3 is 14.8 Å². The van der Waals surface area contributed by atoms with E-state index in [1.807, 2.05) is 6.92 Å². The molecule has 1 aliphatic carbocycles. The second-order valence-corrected chi connectivity index (χ2v) is 4.63. The first-order chi connectivity index (χ1) is 7.84. The van der Waals surface area contributed by atoms with E-state index in [0.29, 0.717) is 6.04 Å². The van der Waals surface area contributed by atoms with Crippen LogP contribution in [0.3, 0.4) is 0 Å². The molecule has 0 bridgehead atoms. The number of nitrogens with one attached hydrogen (secondary N) is 1. The summed E-state index contributed by atoms with van der Waals surface area (Å²) in [4.78, 5) is 0. The first-order valence-electron chi connectivity index (χ1n) is 6.73. The van der Waals surface area contributed by atoms with Crippen LogP contribution in [-0.4, -0.2) is 39.0 Å². The van der Waals surface area contributed by atoms with Gasteiger partial charge in [0, 0.05) is 19.2 Å². The van der Waals surface area contributed by atoms with Crippen LogP contribution in [0.1, 0.15) is 39.5 Å². The molecule has 16 heavy (non-hydrogen) atoms. The number of ether oxygens (including phenoxy) is 2. The summed E-state index contributed by atoms with van der Waals surface area (Å²) < 4.78 is 10.7. The zero-order valence-corrected chi connectivity index (χ0v) is 10.8. The summed E-state index contributed by atoms with van der Waals surface area (Å²) in [7, 11) is 0. The highest BCUT2D eigenvalue weighted by Crippen LogP contribution is 2.23. The third-order valence-corrected chi connectivity index (χ3v) is 3.34. The van der Waals surface area contributed by atoms with E-state index in [4.69, 9.17) is 9.47 Å². The lowest BCUT2D eigenvalue weighted by Crippen LogP contribution is -2.39. The van der Waals surface area contributed by atoms with E-state index in [9.17, 15) is 0 Å². The fraction of sp³-hybridized carbons (Fsp3) is 1.00. The van der Waals surface area contributed by atoms with Crippen molar-refractivity contribution in [3.63, 3.8) is 0 Å². The highest BCUT2D eigenvalue weighted by atomic mass is 16.5. The van der Waals surface area contributed by atoms with Crippen molar-refractivity contribution < 1.29 is 9.47 Å². The van der Waals surface area contributed by atoms with Crippen molar-refractivity contribution in [1.29, 1.82) is 0 Å². The second kappa shape index (κ2) is 8.97. The van der Waals surface area contributed by atoms with Crippen LogP contribution < -0.4 is 5.32 Å². The lowest BCUT2D eigenvalue weighted by atomic mass is 9.86. The first kappa shape index (κ1) is 13.9. The normalized spacial score (nSPS) is 25.9. The van der Waals surface area contributed by atoms with Crippen LogP contribution in [0.4, 0.5) is 0 Å². The molecule has 1 rings (SSSR count). The summed E-state index contributed by atoms with van der Waals surface area (Å²) in [5, 5.41) is 3.60. The van der Waals surface area contributed by atoms with E-state index < -0.39 is 0 Å². The smallest absolute Gasteiger partial charge is 0.0701 e. The average molecular weight is 229 g/mol. The van der Waals surface area contributed by atoms with E-state index in [1.54, 1.807) is 0 Å². The molecule has 3 nitrogen and oxygen atoms in total. The standard InChI is InChI=1S/C13H27NO2/c1-3-15-10-11-16-9-8-14-13-7-5-4-6-12(13)2/h12-14H,3-11H2,1-2H3. The van der Waals surface area contributed by atoms with Gasteiger partial charge in [-0.1, -0.05) is 19.8 Å². The molecule has 0 aromatic rings. The van der Waals surface area contributed by atoms with E-state index >= 15 is 0 Å². The average Bonchev–Trinajstić information content (AvgIpc) is 2.30. The predicted octanol–water partition coefficient (Wildman–Crippen LogP) is 2.21. The maximum absolute atomic E-state index is 5.47. The molecule has 1 N–H and O–H groups in total. The van der Waals surface area contributed by atoms with Crippen LogP contribution in [0.25, 0.3) is 0 Å². The lowest BCUT2D eigenvalue weighted by molar-refractivity contribution is 0.0523. The van der Waals surface area contributed by atoms with Crippen LogP contribution in [0.2, 0.25) is 0 Å². The molecule has 1 fully saturated rings. The summed E-state index contributed by atoms with van der Waals surface area (Å²) in [6.07, 6.45) is 5.50. The molecule has 0 aromatic heterocycles. The van der Waals surface area contributed by atoms with Crippen molar-refractivity contribution in [2.75, 3.05) is 33.0 Å². The van der Waals surface area contributed by atoms with Gasteiger partial charge in [-0.15, -0.1) is 0 Å². The van der Waals surface area contributed by atoms with Crippen LogP contribution in [0.5, 0.6) is 0 Å². The maximum Gasteiger partial charge on any atom is 0.0701 e. The number of hydrogen-bond acceptors (Lipinski definition) is 3. The Hall–Kier alpha value is -0.120. The maximum atomic E-state index is 5.47. The molecular formula is C13H27NO2. The predicted molar refractivity (Wildman–Crippen MR) is 66.7 cm³/mol. The molecule has 0 amide bonds. The van der Waals surface area contributed by atoms with Crippen LogP contribution in [-0.2, 0) is 9.47 Å². The van der Waals surface area contributed by atoms with Gasteiger partial charge in [0.05, 0.1) is 19.8 Å². The van der Waals surface area contributed by atoms with Gasteiger partial charge in [0.15, 0.2) is 0 Å². The van der Waals surface area contributed by atoms with Gasteiger partial charge in [-0.3, -0.25) is 0 Å². The lowest BCUT2D eigenvalue weighted by Gasteiger charge is -2.29.